The number of aromatic nitrogens is 2. The fraction of sp³-hybridized carbons (Fsp3) is 0.533. The van der Waals surface area contributed by atoms with Crippen LogP contribution >= 0.6 is 0 Å². The van der Waals surface area contributed by atoms with E-state index in [0.717, 1.165) is 18.5 Å². The molecule has 1 aliphatic rings. The number of carbonyl (C=O) groups is 2. The van der Waals surface area contributed by atoms with Crippen LogP contribution in [0.2, 0.25) is 0 Å². The molecule has 0 aliphatic carbocycles. The summed E-state index contributed by atoms with van der Waals surface area (Å²) in [7, 11) is 1.79. The van der Waals surface area contributed by atoms with Crippen molar-refractivity contribution in [2.24, 2.45) is 7.05 Å². The van der Waals surface area contributed by atoms with E-state index < -0.39 is 11.5 Å². The van der Waals surface area contributed by atoms with E-state index in [4.69, 9.17) is 0 Å². The molecule has 114 valence electrons. The highest BCUT2D eigenvalue weighted by atomic mass is 16.4. The van der Waals surface area contributed by atoms with Gasteiger partial charge in [0.2, 0.25) is 5.91 Å². The minimum atomic E-state index is -1.04. The highest BCUT2D eigenvalue weighted by Gasteiger charge is 2.48. The summed E-state index contributed by atoms with van der Waals surface area (Å²) < 4.78 is 1.66. The number of likely N-dealkylation sites (tertiary alicyclic amines) is 1. The number of nitrogens with zero attached hydrogens (tertiary/aromatic N) is 3. The molecule has 2 rings (SSSR count). The molecule has 6 nitrogen and oxygen atoms in total. The quantitative estimate of drug-likeness (QED) is 0.837. The van der Waals surface area contributed by atoms with Crippen LogP contribution in [0.25, 0.3) is 6.08 Å². The van der Waals surface area contributed by atoms with Crippen molar-refractivity contribution in [2.45, 2.75) is 38.1 Å². The predicted molar refractivity (Wildman–Crippen MR) is 78.5 cm³/mol. The lowest BCUT2D eigenvalue weighted by Gasteiger charge is -2.34. The number of aliphatic carboxylic acids is 1. The van der Waals surface area contributed by atoms with Crippen molar-refractivity contribution in [3.8, 4) is 0 Å². The van der Waals surface area contributed by atoms with Gasteiger partial charge in [0, 0.05) is 25.9 Å². The Morgan fingerprint density at radius 3 is 2.86 bits per heavy atom. The molecule has 0 bridgehead atoms. The number of rotatable bonds is 5. The van der Waals surface area contributed by atoms with Crippen LogP contribution < -0.4 is 0 Å². The Morgan fingerprint density at radius 1 is 1.52 bits per heavy atom. The predicted octanol–water partition coefficient (Wildman–Crippen LogP) is 1.68. The van der Waals surface area contributed by atoms with E-state index in [1.807, 2.05) is 6.92 Å². The van der Waals surface area contributed by atoms with E-state index in [-0.39, 0.29) is 5.91 Å². The van der Waals surface area contributed by atoms with E-state index in [1.54, 1.807) is 30.1 Å². The Labute approximate surface area is 124 Å². The molecular formula is C15H21N3O3. The van der Waals surface area contributed by atoms with Crippen LogP contribution in [0.15, 0.2) is 18.3 Å². The fourth-order valence-electron chi connectivity index (χ4n) is 3.00. The summed E-state index contributed by atoms with van der Waals surface area (Å²) in [6.07, 6.45) is 7.26. The second kappa shape index (κ2) is 6.11. The molecule has 0 spiro atoms. The maximum atomic E-state index is 12.4. The molecule has 1 amide bonds. The van der Waals surface area contributed by atoms with E-state index in [2.05, 4.69) is 5.10 Å². The van der Waals surface area contributed by atoms with Crippen LogP contribution in [-0.4, -0.2) is 43.7 Å². The molecule has 1 aliphatic heterocycles. The largest absolute Gasteiger partial charge is 0.479 e. The number of carbonyl (C=O) groups excluding carboxylic acids is 1. The highest BCUT2D eigenvalue weighted by molar-refractivity contribution is 5.96. The molecule has 0 aromatic carbocycles. The molecule has 21 heavy (non-hydrogen) atoms. The van der Waals surface area contributed by atoms with Crippen molar-refractivity contribution in [2.75, 3.05) is 6.54 Å². The van der Waals surface area contributed by atoms with Gasteiger partial charge in [0.05, 0.1) is 5.69 Å². The third kappa shape index (κ3) is 2.84. The topological polar surface area (TPSA) is 75.4 Å². The minimum Gasteiger partial charge on any atom is -0.479 e. The van der Waals surface area contributed by atoms with Gasteiger partial charge in [0.15, 0.2) is 0 Å². The summed E-state index contributed by atoms with van der Waals surface area (Å²) >= 11 is 0. The summed E-state index contributed by atoms with van der Waals surface area (Å²) in [4.78, 5) is 25.6. The van der Waals surface area contributed by atoms with Crippen LogP contribution in [0.4, 0.5) is 0 Å². The van der Waals surface area contributed by atoms with Crippen LogP contribution in [-0.2, 0) is 16.6 Å². The summed E-state index contributed by atoms with van der Waals surface area (Å²) in [5.41, 5.74) is -0.234. The summed E-state index contributed by atoms with van der Waals surface area (Å²) in [5.74, 6) is -1.14. The molecule has 6 heteroatoms. The molecule has 1 aromatic heterocycles. The number of aryl methyl sites for hydroxylation is 1. The molecule has 2 heterocycles. The first-order chi connectivity index (χ1) is 10.0. The Morgan fingerprint density at radius 2 is 2.29 bits per heavy atom. The lowest BCUT2D eigenvalue weighted by Crippen LogP contribution is -2.52. The van der Waals surface area contributed by atoms with Crippen molar-refractivity contribution in [3.05, 3.63) is 24.0 Å². The first kappa shape index (κ1) is 15.3. The van der Waals surface area contributed by atoms with E-state index in [9.17, 15) is 14.7 Å². The lowest BCUT2D eigenvalue weighted by atomic mass is 9.90. The Kier molecular flexibility index (Phi) is 4.45. The first-order valence-corrected chi connectivity index (χ1v) is 7.22. The molecule has 1 aromatic rings. The van der Waals surface area contributed by atoms with Crippen LogP contribution in [0.1, 0.15) is 38.3 Å². The zero-order valence-electron chi connectivity index (χ0n) is 12.5. The third-order valence-corrected chi connectivity index (χ3v) is 4.07. The fourth-order valence-corrected chi connectivity index (χ4v) is 3.00. The molecule has 0 saturated carbocycles. The second-order valence-electron chi connectivity index (χ2n) is 5.39. The zero-order valence-corrected chi connectivity index (χ0v) is 12.5. The molecule has 1 N–H and O–H groups in total. The maximum Gasteiger partial charge on any atom is 0.329 e. The average Bonchev–Trinajstić information content (AvgIpc) is 3.04. The van der Waals surface area contributed by atoms with Gasteiger partial charge in [-0.25, -0.2) is 4.79 Å². The van der Waals surface area contributed by atoms with Gasteiger partial charge in [-0.1, -0.05) is 13.3 Å². The van der Waals surface area contributed by atoms with Crippen molar-refractivity contribution in [1.29, 1.82) is 0 Å². The molecular weight excluding hydrogens is 270 g/mol. The van der Waals surface area contributed by atoms with Gasteiger partial charge in [0.25, 0.3) is 0 Å². The normalized spacial score (nSPS) is 22.1. The van der Waals surface area contributed by atoms with Gasteiger partial charge in [0.1, 0.15) is 5.54 Å². The van der Waals surface area contributed by atoms with Crippen molar-refractivity contribution in [3.63, 3.8) is 0 Å². The SMILES string of the molecule is CCCC1(C(=O)O)CCCN1C(=O)/C=C/c1ccnn1C. The number of hydrogen-bond donors (Lipinski definition) is 1. The van der Waals surface area contributed by atoms with E-state index >= 15 is 0 Å². The highest BCUT2D eigenvalue weighted by Crippen LogP contribution is 2.34. The molecule has 1 saturated heterocycles. The maximum absolute atomic E-state index is 12.4. The van der Waals surface area contributed by atoms with Crippen LogP contribution in [0, 0.1) is 0 Å². The Bertz CT molecular complexity index is 564. The van der Waals surface area contributed by atoms with Crippen molar-refractivity contribution < 1.29 is 14.7 Å². The smallest absolute Gasteiger partial charge is 0.329 e. The third-order valence-electron chi connectivity index (χ3n) is 4.07. The minimum absolute atomic E-state index is 0.246. The van der Waals surface area contributed by atoms with Crippen LogP contribution in [0.3, 0.4) is 0 Å². The van der Waals surface area contributed by atoms with Gasteiger partial charge in [-0.15, -0.1) is 0 Å². The summed E-state index contributed by atoms with van der Waals surface area (Å²) in [6, 6.07) is 1.80. The molecule has 1 fully saturated rings. The summed E-state index contributed by atoms with van der Waals surface area (Å²) in [6.45, 7) is 2.44. The molecule has 0 radical (unpaired) electrons. The van der Waals surface area contributed by atoms with Gasteiger partial charge in [-0.3, -0.25) is 9.48 Å². The van der Waals surface area contributed by atoms with Crippen LogP contribution in [0.5, 0.6) is 0 Å². The molecule has 1 unspecified atom stereocenters. The van der Waals surface area contributed by atoms with E-state index in [0.29, 0.717) is 19.4 Å². The number of carboxylic acid groups (broad SMARTS) is 1. The molecule has 1 atom stereocenters. The number of hydrogen-bond acceptors (Lipinski definition) is 3. The van der Waals surface area contributed by atoms with Gasteiger partial charge < -0.3 is 10.0 Å². The van der Waals surface area contributed by atoms with Gasteiger partial charge in [-0.2, -0.15) is 5.10 Å². The van der Waals surface area contributed by atoms with Gasteiger partial charge in [-0.05, 0) is 31.4 Å². The Balaban J connectivity index is 2.19. The number of amides is 1. The van der Waals surface area contributed by atoms with Crippen molar-refractivity contribution >= 4 is 18.0 Å². The first-order valence-electron chi connectivity index (χ1n) is 7.22. The van der Waals surface area contributed by atoms with Crippen molar-refractivity contribution in [1.82, 2.24) is 14.7 Å². The van der Waals surface area contributed by atoms with Gasteiger partial charge >= 0.3 is 5.97 Å². The Hall–Kier alpha value is -2.11. The average molecular weight is 291 g/mol. The van der Waals surface area contributed by atoms with E-state index in [1.165, 1.54) is 11.0 Å². The monoisotopic (exact) mass is 291 g/mol. The number of carboxylic acids is 1. The lowest BCUT2D eigenvalue weighted by molar-refractivity contribution is -0.155. The summed E-state index contributed by atoms with van der Waals surface area (Å²) in [5, 5.41) is 13.6. The standard InChI is InChI=1S/C15H21N3O3/c1-3-8-15(14(20)21)9-4-11-18(15)13(19)6-5-12-7-10-16-17(12)2/h5-7,10H,3-4,8-9,11H2,1-2H3,(H,20,21)/b6-5+. The second-order valence-corrected chi connectivity index (χ2v) is 5.39. The zero-order chi connectivity index (χ0) is 15.5.